The molecular formula is C20H27F3N2O6. The number of carbonyl (C=O) groups is 2. The van der Waals surface area contributed by atoms with Crippen molar-refractivity contribution in [3.8, 4) is 17.2 Å². The third kappa shape index (κ3) is 5.72. The molecule has 1 aromatic rings. The lowest BCUT2D eigenvalue weighted by atomic mass is 10.1. The van der Waals surface area contributed by atoms with Crippen molar-refractivity contribution >= 4 is 17.5 Å². The number of rotatable bonds is 9. The van der Waals surface area contributed by atoms with Crippen LogP contribution in [0.15, 0.2) is 12.1 Å². The number of hydrogen-bond donors (Lipinski definition) is 0. The Labute approximate surface area is 178 Å². The van der Waals surface area contributed by atoms with Crippen molar-refractivity contribution < 1.29 is 41.7 Å². The first-order valence-electron chi connectivity index (χ1n) is 9.52. The van der Waals surface area contributed by atoms with E-state index >= 15 is 0 Å². The summed E-state index contributed by atoms with van der Waals surface area (Å²) >= 11 is 0. The molecule has 174 valence electrons. The Morgan fingerprint density at radius 2 is 1.74 bits per heavy atom. The zero-order valence-corrected chi connectivity index (χ0v) is 18.1. The fourth-order valence-electron chi connectivity index (χ4n) is 3.56. The van der Waals surface area contributed by atoms with Crippen molar-refractivity contribution in [2.24, 2.45) is 5.92 Å². The molecule has 1 aliphatic heterocycles. The SMILES string of the molecule is COC[C@@H](C)N(CC(F)(F)F)C(=O)[C@H]1CC(=O)N(c2cc(OC)c(OC)c(OC)c2)C1. The first-order valence-corrected chi connectivity index (χ1v) is 9.52. The Morgan fingerprint density at radius 1 is 1.16 bits per heavy atom. The van der Waals surface area contributed by atoms with Gasteiger partial charge in [-0.2, -0.15) is 13.2 Å². The quantitative estimate of drug-likeness (QED) is 0.578. The minimum absolute atomic E-state index is 0.0565. The van der Waals surface area contributed by atoms with Crippen molar-refractivity contribution in [3.05, 3.63) is 12.1 Å². The molecule has 31 heavy (non-hydrogen) atoms. The number of methoxy groups -OCH3 is 4. The molecule has 1 fully saturated rings. The number of amides is 2. The normalized spacial score (nSPS) is 17.5. The summed E-state index contributed by atoms with van der Waals surface area (Å²) < 4.78 is 59.9. The number of halogens is 3. The summed E-state index contributed by atoms with van der Waals surface area (Å²) in [4.78, 5) is 27.6. The molecular weight excluding hydrogens is 421 g/mol. The van der Waals surface area contributed by atoms with Crippen molar-refractivity contribution in [1.29, 1.82) is 0 Å². The number of carbonyl (C=O) groups excluding carboxylic acids is 2. The lowest BCUT2D eigenvalue weighted by molar-refractivity contribution is -0.169. The molecule has 0 unspecified atom stereocenters. The molecule has 1 heterocycles. The number of alkyl halides is 3. The number of hydrogen-bond acceptors (Lipinski definition) is 6. The summed E-state index contributed by atoms with van der Waals surface area (Å²) in [6, 6.07) is 2.30. The number of benzene rings is 1. The Kier molecular flexibility index (Phi) is 7.99. The number of ether oxygens (including phenoxy) is 4. The van der Waals surface area contributed by atoms with Crippen molar-refractivity contribution in [3.63, 3.8) is 0 Å². The van der Waals surface area contributed by atoms with E-state index in [1.54, 1.807) is 12.1 Å². The maximum absolute atomic E-state index is 13.1. The molecule has 0 spiro atoms. The van der Waals surface area contributed by atoms with E-state index in [0.717, 1.165) is 4.90 Å². The summed E-state index contributed by atoms with van der Waals surface area (Å²) in [5.41, 5.74) is 0.391. The van der Waals surface area contributed by atoms with E-state index in [9.17, 15) is 22.8 Å². The maximum Gasteiger partial charge on any atom is 0.406 e. The second-order valence-corrected chi connectivity index (χ2v) is 7.17. The van der Waals surface area contributed by atoms with E-state index in [-0.39, 0.29) is 25.5 Å². The van der Waals surface area contributed by atoms with E-state index in [0.29, 0.717) is 22.9 Å². The zero-order chi connectivity index (χ0) is 23.3. The van der Waals surface area contributed by atoms with E-state index in [1.807, 2.05) is 0 Å². The van der Waals surface area contributed by atoms with E-state index in [1.165, 1.54) is 40.3 Å². The van der Waals surface area contributed by atoms with Gasteiger partial charge < -0.3 is 28.7 Å². The van der Waals surface area contributed by atoms with Crippen LogP contribution in [0.25, 0.3) is 0 Å². The first-order chi connectivity index (χ1) is 14.6. The van der Waals surface area contributed by atoms with Gasteiger partial charge in [0.15, 0.2) is 11.5 Å². The second kappa shape index (κ2) is 10.1. The molecule has 0 bridgehead atoms. The van der Waals surface area contributed by atoms with Crippen molar-refractivity contribution in [2.75, 3.05) is 53.0 Å². The van der Waals surface area contributed by atoms with Crippen LogP contribution in [0.2, 0.25) is 0 Å². The molecule has 1 aliphatic rings. The van der Waals surface area contributed by atoms with E-state index in [2.05, 4.69) is 0 Å². The van der Waals surface area contributed by atoms with Crippen LogP contribution in [-0.4, -0.2) is 77.1 Å². The van der Waals surface area contributed by atoms with Crippen LogP contribution in [0.4, 0.5) is 18.9 Å². The standard InChI is InChI=1S/C20H27F3N2O6/c1-12(10-28-2)25(11-20(21,22)23)19(27)13-6-17(26)24(9-13)14-7-15(29-3)18(31-5)16(8-14)30-4/h7-8,12-13H,6,9-11H2,1-5H3/t12-,13+/m1/s1. The molecule has 2 rings (SSSR count). The Balaban J connectivity index is 2.30. The lowest BCUT2D eigenvalue weighted by Gasteiger charge is -2.31. The Morgan fingerprint density at radius 3 is 2.19 bits per heavy atom. The van der Waals surface area contributed by atoms with Crippen molar-refractivity contribution in [1.82, 2.24) is 4.90 Å². The summed E-state index contributed by atoms with van der Waals surface area (Å²) in [5.74, 6) is -1.10. The van der Waals surface area contributed by atoms with Gasteiger partial charge in [0.2, 0.25) is 17.6 Å². The smallest absolute Gasteiger partial charge is 0.406 e. The van der Waals surface area contributed by atoms with Gasteiger partial charge in [-0.1, -0.05) is 0 Å². The van der Waals surface area contributed by atoms with Gasteiger partial charge in [0.1, 0.15) is 6.54 Å². The summed E-state index contributed by atoms with van der Waals surface area (Å²) in [6.07, 6.45) is -4.78. The van der Waals surface area contributed by atoms with Crippen LogP contribution in [0.3, 0.4) is 0 Å². The first kappa shape index (κ1) is 24.6. The predicted molar refractivity (Wildman–Crippen MR) is 106 cm³/mol. The van der Waals surface area contributed by atoms with Crippen LogP contribution in [0, 0.1) is 5.92 Å². The van der Waals surface area contributed by atoms with Gasteiger partial charge in [0.25, 0.3) is 0 Å². The minimum Gasteiger partial charge on any atom is -0.493 e. The van der Waals surface area contributed by atoms with Crippen molar-refractivity contribution in [2.45, 2.75) is 25.6 Å². The minimum atomic E-state index is -4.57. The van der Waals surface area contributed by atoms with Gasteiger partial charge in [-0.3, -0.25) is 9.59 Å². The fourth-order valence-corrected chi connectivity index (χ4v) is 3.56. The fraction of sp³-hybridized carbons (Fsp3) is 0.600. The molecule has 0 saturated carbocycles. The Bertz CT molecular complexity index is 777. The molecule has 11 heteroatoms. The highest BCUT2D eigenvalue weighted by molar-refractivity contribution is 6.00. The molecule has 0 radical (unpaired) electrons. The third-order valence-corrected chi connectivity index (χ3v) is 5.01. The summed E-state index contributed by atoms with van der Waals surface area (Å²) in [5, 5.41) is 0. The third-order valence-electron chi connectivity index (χ3n) is 5.01. The van der Waals surface area contributed by atoms with Crippen LogP contribution < -0.4 is 19.1 Å². The molecule has 2 amide bonds. The van der Waals surface area contributed by atoms with Crippen LogP contribution >= 0.6 is 0 Å². The zero-order valence-electron chi connectivity index (χ0n) is 18.1. The average molecular weight is 448 g/mol. The largest absolute Gasteiger partial charge is 0.493 e. The highest BCUT2D eigenvalue weighted by atomic mass is 19.4. The van der Waals surface area contributed by atoms with Gasteiger partial charge in [0, 0.05) is 32.2 Å². The summed E-state index contributed by atoms with van der Waals surface area (Å²) in [6.45, 7) is -0.0600. The van der Waals surface area contributed by atoms with Crippen LogP contribution in [-0.2, 0) is 14.3 Å². The number of anilines is 1. The van der Waals surface area contributed by atoms with Gasteiger partial charge in [-0.05, 0) is 6.92 Å². The maximum atomic E-state index is 13.1. The highest BCUT2D eigenvalue weighted by Crippen LogP contribution is 2.42. The van der Waals surface area contributed by atoms with E-state index < -0.39 is 30.6 Å². The van der Waals surface area contributed by atoms with Gasteiger partial charge in [0.05, 0.1) is 45.6 Å². The van der Waals surface area contributed by atoms with Gasteiger partial charge in [-0.15, -0.1) is 0 Å². The van der Waals surface area contributed by atoms with Crippen LogP contribution in [0.5, 0.6) is 17.2 Å². The predicted octanol–water partition coefficient (Wildman–Crippen LogP) is 2.49. The highest BCUT2D eigenvalue weighted by Gasteiger charge is 2.42. The molecule has 0 N–H and O–H groups in total. The average Bonchev–Trinajstić information content (AvgIpc) is 3.11. The molecule has 0 aliphatic carbocycles. The molecule has 0 aromatic heterocycles. The molecule has 1 aromatic carbocycles. The summed E-state index contributed by atoms with van der Waals surface area (Å²) in [7, 11) is 5.63. The molecule has 1 saturated heterocycles. The lowest BCUT2D eigenvalue weighted by Crippen LogP contribution is -2.49. The Hall–Kier alpha value is -2.69. The number of nitrogens with zero attached hydrogens (tertiary/aromatic N) is 2. The van der Waals surface area contributed by atoms with Crippen LogP contribution in [0.1, 0.15) is 13.3 Å². The monoisotopic (exact) mass is 448 g/mol. The second-order valence-electron chi connectivity index (χ2n) is 7.17. The topological polar surface area (TPSA) is 77.5 Å². The molecule has 2 atom stereocenters. The van der Waals surface area contributed by atoms with E-state index in [4.69, 9.17) is 18.9 Å². The molecule has 8 nitrogen and oxygen atoms in total. The van der Waals surface area contributed by atoms with Gasteiger partial charge >= 0.3 is 6.18 Å². The van der Waals surface area contributed by atoms with Gasteiger partial charge in [-0.25, -0.2) is 0 Å².